The zero-order chi connectivity index (χ0) is 26.1. The van der Waals surface area contributed by atoms with E-state index < -0.39 is 0 Å². The van der Waals surface area contributed by atoms with E-state index in [1.807, 2.05) is 74.2 Å². The van der Waals surface area contributed by atoms with Crippen LogP contribution in [0, 0.1) is 11.3 Å². The van der Waals surface area contributed by atoms with Crippen molar-refractivity contribution in [2.45, 2.75) is 27.3 Å². The van der Waals surface area contributed by atoms with E-state index in [9.17, 15) is 0 Å². The molecule has 0 spiro atoms. The molecule has 0 amide bonds. The molecule has 0 saturated heterocycles. The van der Waals surface area contributed by atoms with Gasteiger partial charge in [-0.05, 0) is 42.8 Å². The molecule has 1 aliphatic heterocycles. The van der Waals surface area contributed by atoms with Crippen LogP contribution in [-0.2, 0) is 6.54 Å². The van der Waals surface area contributed by atoms with Crippen LogP contribution in [0.15, 0.2) is 83.2 Å². The normalized spacial score (nSPS) is 14.6. The zero-order valence-corrected chi connectivity index (χ0v) is 20.9. The number of amidine groups is 2. The molecule has 182 valence electrons. The molecule has 2 aromatic heterocycles. The van der Waals surface area contributed by atoms with Crippen LogP contribution in [0.2, 0.25) is 0 Å². The fraction of sp³-hybridized carbons (Fsp3) is 0.185. The van der Waals surface area contributed by atoms with Gasteiger partial charge in [-0.25, -0.2) is 19.9 Å². The number of allylic oxidation sites excluding steroid dienone is 1. The summed E-state index contributed by atoms with van der Waals surface area (Å²) < 4.78 is 0. The minimum absolute atomic E-state index is 0.107. The van der Waals surface area contributed by atoms with E-state index in [1.165, 1.54) is 0 Å². The summed E-state index contributed by atoms with van der Waals surface area (Å²) in [6.45, 7) is 10.5. The first-order valence-corrected chi connectivity index (χ1v) is 11.5. The molecular weight excluding hydrogens is 450 g/mol. The maximum absolute atomic E-state index is 8.98. The van der Waals surface area contributed by atoms with E-state index in [0.717, 1.165) is 28.3 Å². The average Bonchev–Trinajstić information content (AvgIpc) is 3.31. The molecule has 3 aromatic rings. The number of nitrogen functional groups attached to an aromatic ring is 1. The van der Waals surface area contributed by atoms with Crippen molar-refractivity contribution in [3.8, 4) is 6.07 Å². The molecule has 1 aromatic carbocycles. The highest BCUT2D eigenvalue weighted by molar-refractivity contribution is 6.34. The summed E-state index contributed by atoms with van der Waals surface area (Å²) in [4.78, 5) is 23.5. The van der Waals surface area contributed by atoms with E-state index in [0.29, 0.717) is 29.6 Å². The summed E-state index contributed by atoms with van der Waals surface area (Å²) in [5.41, 5.74) is 10.8. The number of aromatic nitrogens is 3. The second kappa shape index (κ2) is 12.0. The summed E-state index contributed by atoms with van der Waals surface area (Å²) in [6.07, 6.45) is 5.12. The summed E-state index contributed by atoms with van der Waals surface area (Å²) >= 11 is 0. The molecule has 36 heavy (non-hydrogen) atoms. The lowest BCUT2D eigenvalue weighted by molar-refractivity contribution is 0.881. The zero-order valence-electron chi connectivity index (χ0n) is 20.9. The van der Waals surface area contributed by atoms with Crippen molar-refractivity contribution in [1.29, 1.82) is 5.26 Å². The van der Waals surface area contributed by atoms with Gasteiger partial charge in [0.25, 0.3) is 0 Å². The number of pyridine rings is 1. The number of hydrogen-bond acceptors (Lipinski definition) is 8. The summed E-state index contributed by atoms with van der Waals surface area (Å²) in [6, 6.07) is 15.4. The number of hydrogen-bond donors (Lipinski definition) is 2. The Balaban J connectivity index is 0.00000176. The highest BCUT2D eigenvalue weighted by atomic mass is 15.3. The van der Waals surface area contributed by atoms with Crippen LogP contribution in [0.1, 0.15) is 43.4 Å². The van der Waals surface area contributed by atoms with E-state index in [4.69, 9.17) is 16.0 Å². The van der Waals surface area contributed by atoms with Crippen LogP contribution in [-0.4, -0.2) is 33.7 Å². The van der Waals surface area contributed by atoms with Crippen LogP contribution < -0.4 is 16.0 Å². The number of nitrogens with two attached hydrogens (primary N) is 1. The second-order valence-corrected chi connectivity index (χ2v) is 7.30. The minimum atomic E-state index is 0.107. The molecule has 0 bridgehead atoms. The lowest BCUT2D eigenvalue weighted by Gasteiger charge is -2.22. The van der Waals surface area contributed by atoms with Gasteiger partial charge in [0.1, 0.15) is 17.6 Å². The van der Waals surface area contributed by atoms with Crippen LogP contribution in [0.4, 0.5) is 11.5 Å². The molecule has 3 heterocycles. The van der Waals surface area contributed by atoms with Gasteiger partial charge in [-0.3, -0.25) is 9.89 Å². The van der Waals surface area contributed by atoms with Crippen molar-refractivity contribution >= 4 is 28.9 Å². The molecule has 0 fully saturated rings. The Morgan fingerprint density at radius 3 is 2.56 bits per heavy atom. The quantitative estimate of drug-likeness (QED) is 0.539. The summed E-state index contributed by atoms with van der Waals surface area (Å²) in [5.74, 6) is 1.92. The third kappa shape index (κ3) is 5.45. The van der Waals surface area contributed by atoms with Crippen LogP contribution in [0.25, 0.3) is 5.70 Å². The Labute approximate surface area is 211 Å². The van der Waals surface area contributed by atoms with Crippen molar-refractivity contribution < 1.29 is 0 Å². The van der Waals surface area contributed by atoms with Gasteiger partial charge in [-0.2, -0.15) is 5.26 Å². The Morgan fingerprint density at radius 1 is 1.17 bits per heavy atom. The first-order chi connectivity index (χ1) is 17.5. The maximum atomic E-state index is 8.98. The fourth-order valence-corrected chi connectivity index (χ4v) is 3.51. The maximum Gasteiger partial charge on any atom is 0.232 e. The van der Waals surface area contributed by atoms with Crippen molar-refractivity contribution in [1.82, 2.24) is 20.3 Å². The molecule has 0 atom stereocenters. The summed E-state index contributed by atoms with van der Waals surface area (Å²) in [5, 5.41) is 12.2. The lowest BCUT2D eigenvalue weighted by atomic mass is 10.1. The SMILES string of the molecule is C=C(NCc1ccc(N2C(=NC)/C(=C\C)N=C2c2cccnc2N)cc1)c1ccnc(C#N)n1.CC. The van der Waals surface area contributed by atoms with Crippen molar-refractivity contribution in [3.63, 3.8) is 0 Å². The number of nitriles is 1. The molecule has 3 N–H and O–H groups in total. The van der Waals surface area contributed by atoms with E-state index in [-0.39, 0.29) is 5.82 Å². The van der Waals surface area contributed by atoms with Gasteiger partial charge in [0.2, 0.25) is 5.82 Å². The van der Waals surface area contributed by atoms with Crippen molar-refractivity contribution in [2.75, 3.05) is 17.7 Å². The van der Waals surface area contributed by atoms with Gasteiger partial charge in [0.15, 0.2) is 11.7 Å². The number of anilines is 2. The largest absolute Gasteiger partial charge is 0.383 e. The standard InChI is InChI=1S/C25H23N9.C2H6/c1-4-20-25(28-3)34(24(33-20)19-6-5-12-30-23(19)27)18-9-7-17(8-10-18)15-31-16(2)21-11-13-29-22(14-26)32-21;1-2/h4-13,31H,2,15H2,1,3H3,(H2,27,30);1-2H3/b20-4+,28-25?;. The Bertz CT molecular complexity index is 1360. The number of nitrogens with zero attached hydrogens (tertiary/aromatic N) is 7. The Kier molecular flexibility index (Phi) is 8.62. The summed E-state index contributed by atoms with van der Waals surface area (Å²) in [7, 11) is 1.74. The Morgan fingerprint density at radius 2 is 1.92 bits per heavy atom. The fourth-order valence-electron chi connectivity index (χ4n) is 3.51. The molecule has 9 heteroatoms. The number of aliphatic imine (C=N–C) groups is 2. The van der Waals surface area contributed by atoms with E-state index in [2.05, 4.69) is 31.8 Å². The Hall–Kier alpha value is -4.84. The van der Waals surface area contributed by atoms with Crippen molar-refractivity contribution in [3.05, 3.63) is 95.9 Å². The van der Waals surface area contributed by atoms with Crippen LogP contribution in [0.5, 0.6) is 0 Å². The molecular formula is C27H29N9. The van der Waals surface area contributed by atoms with Crippen LogP contribution in [0.3, 0.4) is 0 Å². The average molecular weight is 480 g/mol. The smallest absolute Gasteiger partial charge is 0.232 e. The monoisotopic (exact) mass is 479 g/mol. The molecule has 0 aliphatic carbocycles. The third-order valence-electron chi connectivity index (χ3n) is 5.21. The third-order valence-corrected chi connectivity index (χ3v) is 5.21. The van der Waals surface area contributed by atoms with E-state index >= 15 is 0 Å². The highest BCUT2D eigenvalue weighted by Gasteiger charge is 2.31. The topological polar surface area (TPSA) is 128 Å². The minimum Gasteiger partial charge on any atom is -0.383 e. The van der Waals surface area contributed by atoms with Gasteiger partial charge in [0, 0.05) is 31.7 Å². The lowest BCUT2D eigenvalue weighted by Crippen LogP contribution is -2.33. The molecule has 4 rings (SSSR count). The van der Waals surface area contributed by atoms with Gasteiger partial charge < -0.3 is 11.1 Å². The number of nitrogens with one attached hydrogen (secondary N) is 1. The predicted octanol–water partition coefficient (Wildman–Crippen LogP) is 4.31. The van der Waals surface area contributed by atoms with Gasteiger partial charge >= 0.3 is 0 Å². The molecule has 1 aliphatic rings. The molecule has 0 unspecified atom stereocenters. The first kappa shape index (κ1) is 25.8. The molecule has 0 saturated carbocycles. The first-order valence-electron chi connectivity index (χ1n) is 11.5. The van der Waals surface area contributed by atoms with E-state index in [1.54, 1.807) is 25.5 Å². The van der Waals surface area contributed by atoms with Gasteiger partial charge in [-0.15, -0.1) is 0 Å². The van der Waals surface area contributed by atoms with Gasteiger partial charge in [0.05, 0.1) is 17.0 Å². The second-order valence-electron chi connectivity index (χ2n) is 7.30. The van der Waals surface area contributed by atoms with Crippen molar-refractivity contribution in [2.24, 2.45) is 9.98 Å². The number of rotatable bonds is 6. The molecule has 9 nitrogen and oxygen atoms in total. The van der Waals surface area contributed by atoms with Crippen LogP contribution >= 0.6 is 0 Å². The predicted molar refractivity (Wildman–Crippen MR) is 145 cm³/mol. The highest BCUT2D eigenvalue weighted by Crippen LogP contribution is 2.29. The molecule has 0 radical (unpaired) electrons. The number of benzene rings is 1. The van der Waals surface area contributed by atoms with Gasteiger partial charge in [-0.1, -0.05) is 38.6 Å².